The van der Waals surface area contributed by atoms with E-state index in [9.17, 15) is 13.8 Å². The van der Waals surface area contributed by atoms with Crippen molar-refractivity contribution in [1.29, 1.82) is 0 Å². The maximum atomic E-state index is 12.2. The maximum Gasteiger partial charge on any atom is 0.339 e. The van der Waals surface area contributed by atoms with Crippen LogP contribution in [0.1, 0.15) is 28.4 Å². The monoisotopic (exact) mass is 359 g/mol. The van der Waals surface area contributed by atoms with Gasteiger partial charge in [-0.15, -0.1) is 0 Å². The second-order valence-corrected chi connectivity index (χ2v) is 7.12. The molecule has 0 bridgehead atoms. The molecule has 2 aromatic rings. The minimum absolute atomic E-state index is 0.231. The Hall–Kier alpha value is -2.47. The third kappa shape index (κ3) is 5.26. The van der Waals surface area contributed by atoms with Gasteiger partial charge in [-0.1, -0.05) is 43.3 Å². The molecule has 1 amide bonds. The fraction of sp³-hybridized carbons (Fsp3) is 0.263. The fourth-order valence-electron chi connectivity index (χ4n) is 2.25. The molecule has 25 heavy (non-hydrogen) atoms. The van der Waals surface area contributed by atoms with Crippen LogP contribution in [0.25, 0.3) is 0 Å². The van der Waals surface area contributed by atoms with Gasteiger partial charge in [-0.05, 0) is 30.2 Å². The molecule has 132 valence electrons. The average molecular weight is 359 g/mol. The van der Waals surface area contributed by atoms with Crippen LogP contribution in [0, 0.1) is 6.92 Å². The van der Waals surface area contributed by atoms with E-state index in [4.69, 9.17) is 4.74 Å². The van der Waals surface area contributed by atoms with Crippen molar-refractivity contribution < 1.29 is 18.5 Å². The van der Waals surface area contributed by atoms with Crippen LogP contribution in [0.5, 0.6) is 0 Å². The summed E-state index contributed by atoms with van der Waals surface area (Å²) < 4.78 is 17.1. The minimum atomic E-state index is -1.27. The molecule has 2 aromatic carbocycles. The highest BCUT2D eigenvalue weighted by atomic mass is 32.2. The first-order valence-corrected chi connectivity index (χ1v) is 9.30. The molecule has 1 N–H and O–H groups in total. The summed E-state index contributed by atoms with van der Waals surface area (Å²) in [5.41, 5.74) is 2.32. The molecule has 0 unspecified atom stereocenters. The quantitative estimate of drug-likeness (QED) is 0.771. The summed E-state index contributed by atoms with van der Waals surface area (Å²) in [7, 11) is -1.27. The van der Waals surface area contributed by atoms with E-state index in [-0.39, 0.29) is 18.1 Å². The van der Waals surface area contributed by atoms with Gasteiger partial charge in [0.1, 0.15) is 0 Å². The van der Waals surface area contributed by atoms with Crippen LogP contribution in [-0.2, 0) is 26.9 Å². The smallest absolute Gasteiger partial charge is 0.339 e. The maximum absolute atomic E-state index is 12.2. The number of amides is 1. The summed E-state index contributed by atoms with van der Waals surface area (Å²) in [6.45, 7) is 3.74. The Kier molecular flexibility index (Phi) is 6.89. The summed E-state index contributed by atoms with van der Waals surface area (Å²) in [6, 6.07) is 14.3. The first-order chi connectivity index (χ1) is 12.0. The van der Waals surface area contributed by atoms with E-state index < -0.39 is 16.8 Å². The van der Waals surface area contributed by atoms with Crippen molar-refractivity contribution in [2.45, 2.75) is 25.3 Å². The molecule has 0 spiro atoms. The van der Waals surface area contributed by atoms with Crippen LogP contribution in [0.15, 0.2) is 53.4 Å². The molecule has 0 aliphatic heterocycles. The van der Waals surface area contributed by atoms with Gasteiger partial charge in [0.05, 0.1) is 21.3 Å². The Morgan fingerprint density at radius 1 is 1.08 bits per heavy atom. The molecule has 0 saturated carbocycles. The van der Waals surface area contributed by atoms with E-state index in [1.807, 2.05) is 31.2 Å². The van der Waals surface area contributed by atoms with Gasteiger partial charge in [0, 0.05) is 12.3 Å². The van der Waals surface area contributed by atoms with Crippen molar-refractivity contribution in [3.63, 3.8) is 0 Å². The third-order valence-corrected chi connectivity index (χ3v) is 5.06. The van der Waals surface area contributed by atoms with E-state index in [0.29, 0.717) is 17.2 Å². The van der Waals surface area contributed by atoms with Crippen LogP contribution >= 0.6 is 0 Å². The summed E-state index contributed by atoms with van der Waals surface area (Å²) in [5.74, 6) is -0.629. The Bertz CT molecular complexity index is 788. The second-order valence-electron chi connectivity index (χ2n) is 5.41. The van der Waals surface area contributed by atoms with Crippen molar-refractivity contribution in [2.24, 2.45) is 0 Å². The Morgan fingerprint density at radius 3 is 2.48 bits per heavy atom. The molecule has 0 aromatic heterocycles. The highest BCUT2D eigenvalue weighted by molar-refractivity contribution is 7.85. The van der Waals surface area contributed by atoms with E-state index in [0.717, 1.165) is 11.1 Å². The Balaban J connectivity index is 1.91. The number of carbonyl (C=O) groups is 2. The van der Waals surface area contributed by atoms with Crippen molar-refractivity contribution in [1.82, 2.24) is 5.32 Å². The van der Waals surface area contributed by atoms with Gasteiger partial charge in [-0.2, -0.15) is 0 Å². The van der Waals surface area contributed by atoms with E-state index in [2.05, 4.69) is 5.32 Å². The Morgan fingerprint density at radius 2 is 1.76 bits per heavy atom. The van der Waals surface area contributed by atoms with Crippen LogP contribution < -0.4 is 5.32 Å². The van der Waals surface area contributed by atoms with Gasteiger partial charge in [-0.25, -0.2) is 4.79 Å². The van der Waals surface area contributed by atoms with Crippen LogP contribution in [0.2, 0.25) is 0 Å². The number of ether oxygens (including phenoxy) is 1. The summed E-state index contributed by atoms with van der Waals surface area (Å²) in [4.78, 5) is 24.5. The van der Waals surface area contributed by atoms with E-state index >= 15 is 0 Å². The van der Waals surface area contributed by atoms with Crippen LogP contribution in [0.3, 0.4) is 0 Å². The first-order valence-electron chi connectivity index (χ1n) is 7.98. The molecule has 0 aliphatic carbocycles. The molecular formula is C19H21NO4S. The number of aryl methyl sites for hydroxylation is 1. The zero-order chi connectivity index (χ0) is 18.2. The summed E-state index contributed by atoms with van der Waals surface area (Å²) in [6.07, 6.45) is 0. The number of benzene rings is 2. The zero-order valence-electron chi connectivity index (χ0n) is 14.3. The lowest BCUT2D eigenvalue weighted by Crippen LogP contribution is -2.28. The molecule has 5 nitrogen and oxygen atoms in total. The number of esters is 1. The van der Waals surface area contributed by atoms with Crippen molar-refractivity contribution >= 4 is 22.7 Å². The molecule has 1 atom stereocenters. The number of rotatable bonds is 7. The third-order valence-electron chi connectivity index (χ3n) is 3.69. The minimum Gasteiger partial charge on any atom is -0.452 e. The predicted octanol–water partition coefficient (Wildman–Crippen LogP) is 2.60. The summed E-state index contributed by atoms with van der Waals surface area (Å²) in [5, 5.41) is 2.72. The number of nitrogens with one attached hydrogen (secondary N) is 1. The van der Waals surface area contributed by atoms with Gasteiger partial charge in [0.15, 0.2) is 6.61 Å². The van der Waals surface area contributed by atoms with Crippen molar-refractivity contribution in [3.8, 4) is 0 Å². The van der Waals surface area contributed by atoms with Crippen molar-refractivity contribution in [3.05, 3.63) is 65.2 Å². The number of hydrogen-bond acceptors (Lipinski definition) is 4. The van der Waals surface area contributed by atoms with Gasteiger partial charge in [0.2, 0.25) is 0 Å². The number of hydrogen-bond donors (Lipinski definition) is 1. The zero-order valence-corrected chi connectivity index (χ0v) is 15.1. The molecule has 0 fully saturated rings. The van der Waals surface area contributed by atoms with Crippen LogP contribution in [0.4, 0.5) is 0 Å². The van der Waals surface area contributed by atoms with Gasteiger partial charge < -0.3 is 10.1 Å². The second kappa shape index (κ2) is 9.13. The fourth-order valence-corrected chi connectivity index (χ4v) is 3.19. The average Bonchev–Trinajstić information content (AvgIpc) is 2.64. The first kappa shape index (κ1) is 18.9. The van der Waals surface area contributed by atoms with Gasteiger partial charge >= 0.3 is 5.97 Å². The predicted molar refractivity (Wildman–Crippen MR) is 96.7 cm³/mol. The van der Waals surface area contributed by atoms with Crippen molar-refractivity contribution in [2.75, 3.05) is 12.4 Å². The SMILES string of the molecule is CC[S@@](=O)c1ccccc1C(=O)OCC(=O)NCc1ccccc1C. The van der Waals surface area contributed by atoms with Gasteiger partial charge in [-0.3, -0.25) is 9.00 Å². The molecule has 2 rings (SSSR count). The standard InChI is InChI=1S/C19H21NO4S/c1-3-25(23)17-11-7-6-10-16(17)19(22)24-13-18(21)20-12-15-9-5-4-8-14(15)2/h4-11H,3,12-13H2,1-2H3,(H,20,21)/t25-/m1/s1. The normalized spacial score (nSPS) is 11.6. The molecule has 0 aliphatic rings. The largest absolute Gasteiger partial charge is 0.452 e. The molecule has 0 radical (unpaired) electrons. The molecular weight excluding hydrogens is 338 g/mol. The van der Waals surface area contributed by atoms with E-state index in [1.165, 1.54) is 0 Å². The summed E-state index contributed by atoms with van der Waals surface area (Å²) >= 11 is 0. The molecule has 0 heterocycles. The van der Waals surface area contributed by atoms with Gasteiger partial charge in [0.25, 0.3) is 5.91 Å². The van der Waals surface area contributed by atoms with Crippen LogP contribution in [-0.4, -0.2) is 28.4 Å². The van der Waals surface area contributed by atoms with E-state index in [1.54, 1.807) is 31.2 Å². The molecule has 0 saturated heterocycles. The molecule has 6 heteroatoms. The Labute approximate surface area is 149 Å². The lowest BCUT2D eigenvalue weighted by molar-refractivity contribution is -0.124. The number of carbonyl (C=O) groups excluding carboxylic acids is 2. The topological polar surface area (TPSA) is 72.5 Å². The lowest BCUT2D eigenvalue weighted by Gasteiger charge is -2.10. The highest BCUT2D eigenvalue weighted by Crippen LogP contribution is 2.15. The lowest BCUT2D eigenvalue weighted by atomic mass is 10.1. The highest BCUT2D eigenvalue weighted by Gasteiger charge is 2.17.